The lowest BCUT2D eigenvalue weighted by Crippen LogP contribution is -2.90. The number of hydrogen-bond donors (Lipinski definition) is 3. The molecule has 0 saturated carbocycles. The van der Waals surface area contributed by atoms with Crippen molar-refractivity contribution in [3.8, 4) is 0 Å². The molecule has 0 fully saturated rings. The average molecular weight is 134 g/mol. The van der Waals surface area contributed by atoms with Crippen LogP contribution in [0.25, 0.3) is 0 Å². The highest BCUT2D eigenvalue weighted by molar-refractivity contribution is 4.45. The first kappa shape index (κ1) is 8.88. The monoisotopic (exact) mass is 134 g/mol. The van der Waals surface area contributed by atoms with Crippen molar-refractivity contribution in [1.29, 1.82) is 0 Å². The van der Waals surface area contributed by atoms with Gasteiger partial charge in [0, 0.05) is 0 Å². The molecule has 0 spiro atoms. The van der Waals surface area contributed by atoms with Crippen LogP contribution in [-0.4, -0.2) is 35.5 Å². The summed E-state index contributed by atoms with van der Waals surface area (Å²) in [7, 11) is 0. The van der Waals surface area contributed by atoms with E-state index in [2.05, 4.69) is 0 Å². The largest absolute Gasteiger partial charge is 0.393 e. The molecule has 0 aliphatic rings. The molecular weight excluding hydrogens is 118 g/mol. The van der Waals surface area contributed by atoms with Gasteiger partial charge in [0.2, 0.25) is 0 Å². The summed E-state index contributed by atoms with van der Waals surface area (Å²) in [6.07, 6.45) is -0.563. The van der Waals surface area contributed by atoms with Gasteiger partial charge in [-0.05, 0) is 13.8 Å². The van der Waals surface area contributed by atoms with E-state index in [1.54, 1.807) is 0 Å². The number of nitrogens with two attached hydrogens (primary N) is 1. The fourth-order valence-corrected chi connectivity index (χ4v) is 0.504. The first-order valence-electron chi connectivity index (χ1n) is 3.29. The molecule has 9 heavy (non-hydrogen) atoms. The van der Waals surface area contributed by atoms with E-state index in [-0.39, 0.29) is 6.61 Å². The van der Waals surface area contributed by atoms with Gasteiger partial charge in [-0.25, -0.2) is 0 Å². The van der Waals surface area contributed by atoms with Gasteiger partial charge in [0.15, 0.2) is 0 Å². The molecule has 0 aromatic carbocycles. The minimum atomic E-state index is -0.563. The molecule has 56 valence electrons. The van der Waals surface area contributed by atoms with Crippen molar-refractivity contribution in [2.75, 3.05) is 13.2 Å². The first-order chi connectivity index (χ1) is 4.16. The Morgan fingerprint density at radius 3 is 2.33 bits per heavy atom. The van der Waals surface area contributed by atoms with Crippen molar-refractivity contribution < 1.29 is 15.5 Å². The molecule has 0 rings (SSSR count). The Morgan fingerprint density at radius 1 is 1.44 bits per heavy atom. The second-order valence-electron chi connectivity index (χ2n) is 2.55. The van der Waals surface area contributed by atoms with Crippen LogP contribution in [0.2, 0.25) is 0 Å². The predicted octanol–water partition coefficient (Wildman–Crippen LogP) is -1.69. The zero-order chi connectivity index (χ0) is 7.28. The average Bonchev–Trinajstić information content (AvgIpc) is 1.83. The number of rotatable bonds is 4. The maximum absolute atomic E-state index is 8.83. The smallest absolute Gasteiger partial charge is 0.126 e. The predicted molar refractivity (Wildman–Crippen MR) is 35.0 cm³/mol. The van der Waals surface area contributed by atoms with E-state index in [9.17, 15) is 0 Å². The minimum Gasteiger partial charge on any atom is -0.393 e. The summed E-state index contributed by atoms with van der Waals surface area (Å²) >= 11 is 0. The summed E-state index contributed by atoms with van der Waals surface area (Å²) in [5.74, 6) is 0. The van der Waals surface area contributed by atoms with Crippen LogP contribution < -0.4 is 5.32 Å². The van der Waals surface area contributed by atoms with E-state index in [1.165, 1.54) is 0 Å². The SMILES string of the molecule is CC(C)[NH2+]C[C@H](O)CO. The Morgan fingerprint density at radius 2 is 2.00 bits per heavy atom. The van der Waals surface area contributed by atoms with Gasteiger partial charge in [-0.2, -0.15) is 0 Å². The van der Waals surface area contributed by atoms with Crippen LogP contribution in [0.1, 0.15) is 13.8 Å². The van der Waals surface area contributed by atoms with E-state index < -0.39 is 6.10 Å². The summed E-state index contributed by atoms with van der Waals surface area (Å²) in [6, 6.07) is 0.492. The van der Waals surface area contributed by atoms with Gasteiger partial charge in [0.25, 0.3) is 0 Å². The maximum Gasteiger partial charge on any atom is 0.126 e. The van der Waals surface area contributed by atoms with E-state index in [4.69, 9.17) is 10.2 Å². The van der Waals surface area contributed by atoms with E-state index in [0.29, 0.717) is 12.6 Å². The van der Waals surface area contributed by atoms with Crippen LogP contribution in [0.3, 0.4) is 0 Å². The summed E-state index contributed by atoms with van der Waals surface area (Å²) in [5, 5.41) is 19.2. The maximum atomic E-state index is 8.83. The van der Waals surface area contributed by atoms with Crippen molar-refractivity contribution in [2.24, 2.45) is 0 Å². The van der Waals surface area contributed by atoms with Gasteiger partial charge in [-0.3, -0.25) is 0 Å². The number of aliphatic hydroxyl groups excluding tert-OH is 2. The number of quaternary nitrogens is 1. The molecule has 1 atom stereocenters. The molecule has 4 N–H and O–H groups in total. The van der Waals surface area contributed by atoms with E-state index in [1.807, 2.05) is 19.2 Å². The summed E-state index contributed by atoms with van der Waals surface area (Å²) in [5.41, 5.74) is 0. The molecule has 0 aromatic rings. The molecule has 0 amide bonds. The van der Waals surface area contributed by atoms with E-state index in [0.717, 1.165) is 0 Å². The minimum absolute atomic E-state index is 0.136. The summed E-state index contributed by atoms with van der Waals surface area (Å²) in [6.45, 7) is 4.55. The van der Waals surface area contributed by atoms with Crippen molar-refractivity contribution in [1.82, 2.24) is 0 Å². The van der Waals surface area contributed by atoms with Crippen molar-refractivity contribution >= 4 is 0 Å². The zero-order valence-corrected chi connectivity index (χ0v) is 6.04. The fourth-order valence-electron chi connectivity index (χ4n) is 0.504. The van der Waals surface area contributed by atoms with Gasteiger partial charge in [-0.1, -0.05) is 0 Å². The Hall–Kier alpha value is -0.120. The molecule has 0 saturated heterocycles. The third-order valence-corrected chi connectivity index (χ3v) is 1.09. The first-order valence-corrected chi connectivity index (χ1v) is 3.29. The summed E-state index contributed by atoms with van der Waals surface area (Å²) in [4.78, 5) is 0. The molecule has 0 bridgehead atoms. The second-order valence-corrected chi connectivity index (χ2v) is 2.55. The van der Waals surface area contributed by atoms with Crippen LogP contribution in [0.15, 0.2) is 0 Å². The molecule has 3 heteroatoms. The van der Waals surface area contributed by atoms with Crippen molar-refractivity contribution in [3.63, 3.8) is 0 Å². The highest BCUT2D eigenvalue weighted by atomic mass is 16.3. The molecule has 0 aliphatic heterocycles. The number of aliphatic hydroxyl groups is 2. The van der Waals surface area contributed by atoms with Gasteiger partial charge in [0.05, 0.1) is 12.6 Å². The summed E-state index contributed by atoms with van der Waals surface area (Å²) < 4.78 is 0. The lowest BCUT2D eigenvalue weighted by molar-refractivity contribution is -0.688. The van der Waals surface area contributed by atoms with Crippen LogP contribution in [-0.2, 0) is 0 Å². The molecule has 0 heterocycles. The lowest BCUT2D eigenvalue weighted by Gasteiger charge is -2.07. The Labute approximate surface area is 55.7 Å². The van der Waals surface area contributed by atoms with Gasteiger partial charge < -0.3 is 15.5 Å². The number of hydrogen-bond acceptors (Lipinski definition) is 2. The van der Waals surface area contributed by atoms with Crippen LogP contribution >= 0.6 is 0 Å². The van der Waals surface area contributed by atoms with Crippen LogP contribution in [0, 0.1) is 0 Å². The highest BCUT2D eigenvalue weighted by Gasteiger charge is 2.04. The van der Waals surface area contributed by atoms with Gasteiger partial charge in [0.1, 0.15) is 12.6 Å². The molecule has 0 aliphatic carbocycles. The molecule has 0 aromatic heterocycles. The molecular formula is C6H16NO2+. The van der Waals surface area contributed by atoms with Crippen LogP contribution in [0.4, 0.5) is 0 Å². The Bertz CT molecular complexity index is 66.1. The molecule has 0 radical (unpaired) electrons. The zero-order valence-electron chi connectivity index (χ0n) is 6.04. The van der Waals surface area contributed by atoms with Crippen LogP contribution in [0.5, 0.6) is 0 Å². The van der Waals surface area contributed by atoms with Crippen molar-refractivity contribution in [3.05, 3.63) is 0 Å². The Kier molecular flexibility index (Phi) is 4.67. The second kappa shape index (κ2) is 4.73. The normalized spacial score (nSPS) is 14.3. The molecule has 3 nitrogen and oxygen atoms in total. The fraction of sp³-hybridized carbons (Fsp3) is 1.00. The lowest BCUT2D eigenvalue weighted by atomic mass is 10.3. The third kappa shape index (κ3) is 5.76. The quantitative estimate of drug-likeness (QED) is 0.430. The molecule has 0 unspecified atom stereocenters. The third-order valence-electron chi connectivity index (χ3n) is 1.09. The van der Waals surface area contributed by atoms with Gasteiger partial charge in [-0.15, -0.1) is 0 Å². The van der Waals surface area contributed by atoms with Gasteiger partial charge >= 0.3 is 0 Å². The van der Waals surface area contributed by atoms with Crippen molar-refractivity contribution in [2.45, 2.75) is 26.0 Å². The standard InChI is InChI=1S/C6H15NO2/c1-5(2)7-3-6(9)4-8/h5-9H,3-4H2,1-2H3/p+1/t6-/m0/s1. The van der Waals surface area contributed by atoms with E-state index >= 15 is 0 Å². The Balaban J connectivity index is 3.06. The highest BCUT2D eigenvalue weighted by Crippen LogP contribution is 1.71. The topological polar surface area (TPSA) is 57.1 Å².